The molecule has 3 aromatic rings. The van der Waals surface area contributed by atoms with E-state index in [1.165, 1.54) is 0 Å². The average Bonchev–Trinajstić information content (AvgIpc) is 3.28. The smallest absolute Gasteiger partial charge is 0.410 e. The van der Waals surface area contributed by atoms with Gasteiger partial charge in [-0.05, 0) is 61.6 Å². The van der Waals surface area contributed by atoms with Crippen molar-refractivity contribution in [2.45, 2.75) is 39.5 Å². The largest absolute Gasteiger partial charge is 0.493 e. The van der Waals surface area contributed by atoms with Gasteiger partial charge in [-0.3, -0.25) is 0 Å². The number of oxazole rings is 1. The maximum Gasteiger partial charge on any atom is 0.410 e. The van der Waals surface area contributed by atoms with Crippen molar-refractivity contribution in [1.82, 2.24) is 9.88 Å². The van der Waals surface area contributed by atoms with Crippen LogP contribution in [0, 0.1) is 6.92 Å². The number of ether oxygens (including phenoxy) is 2. The average molecular weight is 505 g/mol. The number of carbonyl (C=O) groups is 2. The summed E-state index contributed by atoms with van der Waals surface area (Å²) in [5, 5.41) is 9.70. The van der Waals surface area contributed by atoms with Crippen molar-refractivity contribution in [2.75, 3.05) is 26.3 Å². The third-order valence-electron chi connectivity index (χ3n) is 6.22. The first-order valence-corrected chi connectivity index (χ1v) is 12.5. The molecule has 4 rings (SSSR count). The molecule has 37 heavy (non-hydrogen) atoms. The van der Waals surface area contributed by atoms with E-state index in [9.17, 15) is 14.7 Å². The standard InChI is InChI=1S/C29H32N2O6/c1-3-15-36-29(34)31-14-12-25(28(32)33)23(19-31)17-21-8-7-11-24(18-21)35-16-13-26-20(2)37-27(30-26)22-9-5-4-6-10-22/h4-11,18H,3,12-17,19H2,1-2H3,(H,32,33). The molecule has 0 saturated heterocycles. The van der Waals surface area contributed by atoms with Crippen LogP contribution in [-0.4, -0.2) is 53.4 Å². The summed E-state index contributed by atoms with van der Waals surface area (Å²) in [6, 6.07) is 17.4. The van der Waals surface area contributed by atoms with Crippen LogP contribution in [0.15, 0.2) is 70.2 Å². The number of benzene rings is 2. The molecule has 0 fully saturated rings. The van der Waals surface area contributed by atoms with Crippen LogP contribution < -0.4 is 4.74 Å². The summed E-state index contributed by atoms with van der Waals surface area (Å²) in [5.41, 5.74) is 3.76. The summed E-state index contributed by atoms with van der Waals surface area (Å²) < 4.78 is 17.1. The predicted octanol–water partition coefficient (Wildman–Crippen LogP) is 5.45. The van der Waals surface area contributed by atoms with Crippen LogP contribution in [-0.2, 0) is 22.4 Å². The Hall–Kier alpha value is -4.07. The van der Waals surface area contributed by atoms with Crippen LogP contribution in [0.3, 0.4) is 0 Å². The molecule has 0 radical (unpaired) electrons. The fourth-order valence-electron chi connectivity index (χ4n) is 4.31. The van der Waals surface area contributed by atoms with E-state index in [4.69, 9.17) is 13.9 Å². The molecule has 1 aromatic heterocycles. The van der Waals surface area contributed by atoms with Gasteiger partial charge in [0.15, 0.2) is 0 Å². The second-order valence-corrected chi connectivity index (χ2v) is 8.98. The molecule has 8 heteroatoms. The zero-order valence-corrected chi connectivity index (χ0v) is 21.2. The number of nitrogens with zero attached hydrogens (tertiary/aromatic N) is 2. The van der Waals surface area contributed by atoms with Gasteiger partial charge < -0.3 is 23.9 Å². The fourth-order valence-corrected chi connectivity index (χ4v) is 4.31. The van der Waals surface area contributed by atoms with E-state index in [0.29, 0.717) is 61.8 Å². The van der Waals surface area contributed by atoms with Gasteiger partial charge in [-0.25, -0.2) is 14.6 Å². The van der Waals surface area contributed by atoms with Crippen molar-refractivity contribution < 1.29 is 28.6 Å². The van der Waals surface area contributed by atoms with Gasteiger partial charge in [-0.2, -0.15) is 0 Å². The fraction of sp³-hybridized carbons (Fsp3) is 0.345. The topological polar surface area (TPSA) is 102 Å². The highest BCUT2D eigenvalue weighted by atomic mass is 16.6. The second-order valence-electron chi connectivity index (χ2n) is 8.98. The Kier molecular flexibility index (Phi) is 8.61. The first-order valence-electron chi connectivity index (χ1n) is 12.5. The van der Waals surface area contributed by atoms with E-state index in [1.54, 1.807) is 4.90 Å². The Balaban J connectivity index is 1.38. The first kappa shape index (κ1) is 26.0. The van der Waals surface area contributed by atoms with Gasteiger partial charge in [0.2, 0.25) is 5.89 Å². The zero-order chi connectivity index (χ0) is 26.2. The molecule has 0 atom stereocenters. The van der Waals surface area contributed by atoms with Gasteiger partial charge in [0.05, 0.1) is 18.9 Å². The van der Waals surface area contributed by atoms with Crippen molar-refractivity contribution >= 4 is 12.1 Å². The third-order valence-corrected chi connectivity index (χ3v) is 6.22. The molecule has 1 amide bonds. The Morgan fingerprint density at radius 2 is 1.92 bits per heavy atom. The number of hydrogen-bond donors (Lipinski definition) is 1. The number of aromatic nitrogens is 1. The minimum absolute atomic E-state index is 0.241. The molecule has 1 aliphatic heterocycles. The molecule has 0 unspecified atom stereocenters. The van der Waals surface area contributed by atoms with Crippen LogP contribution in [0.4, 0.5) is 4.79 Å². The van der Waals surface area contributed by atoms with Gasteiger partial charge in [0, 0.05) is 30.6 Å². The lowest BCUT2D eigenvalue weighted by atomic mass is 9.94. The number of aliphatic carboxylic acids is 1. The van der Waals surface area contributed by atoms with Crippen LogP contribution in [0.1, 0.15) is 36.8 Å². The summed E-state index contributed by atoms with van der Waals surface area (Å²) in [6.07, 6.45) is 1.64. The number of carboxylic acids is 1. The van der Waals surface area contributed by atoms with Gasteiger partial charge in [0.25, 0.3) is 0 Å². The lowest BCUT2D eigenvalue weighted by Crippen LogP contribution is -2.39. The van der Waals surface area contributed by atoms with Crippen LogP contribution in [0.25, 0.3) is 11.5 Å². The monoisotopic (exact) mass is 504 g/mol. The molecular weight excluding hydrogens is 472 g/mol. The van der Waals surface area contributed by atoms with E-state index in [-0.39, 0.29) is 6.54 Å². The van der Waals surface area contributed by atoms with E-state index < -0.39 is 12.1 Å². The summed E-state index contributed by atoms with van der Waals surface area (Å²) in [7, 11) is 0. The quantitative estimate of drug-likeness (QED) is 0.392. The second kappa shape index (κ2) is 12.3. The normalized spacial score (nSPS) is 13.5. The highest BCUT2D eigenvalue weighted by molar-refractivity contribution is 5.88. The lowest BCUT2D eigenvalue weighted by molar-refractivity contribution is -0.133. The van der Waals surface area contributed by atoms with Gasteiger partial charge in [-0.1, -0.05) is 37.3 Å². The minimum atomic E-state index is -0.943. The predicted molar refractivity (Wildman–Crippen MR) is 139 cm³/mol. The minimum Gasteiger partial charge on any atom is -0.493 e. The lowest BCUT2D eigenvalue weighted by Gasteiger charge is -2.29. The Bertz CT molecular complexity index is 1260. The number of carbonyl (C=O) groups excluding carboxylic acids is 1. The summed E-state index contributed by atoms with van der Waals surface area (Å²) >= 11 is 0. The Morgan fingerprint density at radius 3 is 2.68 bits per heavy atom. The summed E-state index contributed by atoms with van der Waals surface area (Å²) in [4.78, 5) is 30.4. The molecule has 8 nitrogen and oxygen atoms in total. The van der Waals surface area contributed by atoms with Crippen molar-refractivity contribution in [3.63, 3.8) is 0 Å². The Morgan fingerprint density at radius 1 is 1.11 bits per heavy atom. The maximum absolute atomic E-state index is 12.3. The van der Waals surface area contributed by atoms with Crippen molar-refractivity contribution in [3.8, 4) is 17.2 Å². The highest BCUT2D eigenvalue weighted by Crippen LogP contribution is 2.25. The molecule has 194 valence electrons. The van der Waals surface area contributed by atoms with E-state index in [1.807, 2.05) is 68.4 Å². The molecule has 0 spiro atoms. The molecule has 0 saturated carbocycles. The van der Waals surface area contributed by atoms with E-state index >= 15 is 0 Å². The van der Waals surface area contributed by atoms with Gasteiger partial charge in [0.1, 0.15) is 11.5 Å². The summed E-state index contributed by atoms with van der Waals surface area (Å²) in [6.45, 7) is 5.18. The molecule has 2 aromatic carbocycles. The van der Waals surface area contributed by atoms with Crippen molar-refractivity contribution in [2.24, 2.45) is 0 Å². The molecule has 1 N–H and O–H groups in total. The SMILES string of the molecule is CCCOC(=O)N1CCC(C(=O)O)=C(Cc2cccc(OCCc3nc(-c4ccccc4)oc3C)c2)C1. The maximum atomic E-state index is 12.3. The van der Waals surface area contributed by atoms with Crippen molar-refractivity contribution in [3.05, 3.63) is 82.8 Å². The third kappa shape index (κ3) is 6.78. The van der Waals surface area contributed by atoms with Crippen molar-refractivity contribution in [1.29, 1.82) is 0 Å². The van der Waals surface area contributed by atoms with Crippen LogP contribution >= 0.6 is 0 Å². The molecule has 2 heterocycles. The first-order chi connectivity index (χ1) is 17.9. The van der Waals surface area contributed by atoms with Crippen LogP contribution in [0.5, 0.6) is 5.75 Å². The number of aryl methyl sites for hydroxylation is 1. The molecule has 1 aliphatic rings. The molecule has 0 bridgehead atoms. The van der Waals surface area contributed by atoms with Gasteiger partial charge in [-0.15, -0.1) is 0 Å². The Labute approximate surface area is 216 Å². The molecular formula is C29H32N2O6. The number of rotatable bonds is 10. The van der Waals surface area contributed by atoms with E-state index in [0.717, 1.165) is 29.0 Å². The highest BCUT2D eigenvalue weighted by Gasteiger charge is 2.27. The zero-order valence-electron chi connectivity index (χ0n) is 21.2. The van der Waals surface area contributed by atoms with E-state index in [2.05, 4.69) is 4.98 Å². The van der Waals surface area contributed by atoms with Gasteiger partial charge >= 0.3 is 12.1 Å². The number of amides is 1. The summed E-state index contributed by atoms with van der Waals surface area (Å²) in [5.74, 6) is 1.11. The number of hydrogen-bond acceptors (Lipinski definition) is 6. The van der Waals surface area contributed by atoms with Crippen LogP contribution in [0.2, 0.25) is 0 Å². The number of carboxylic acid groups (broad SMARTS) is 1. The molecule has 0 aliphatic carbocycles.